The first-order valence-corrected chi connectivity index (χ1v) is 6.72. The highest BCUT2D eigenvalue weighted by Gasteiger charge is 2.14. The van der Waals surface area contributed by atoms with E-state index in [-0.39, 0.29) is 18.0 Å². The van der Waals surface area contributed by atoms with E-state index in [0.29, 0.717) is 13.1 Å². The molecule has 0 saturated heterocycles. The van der Waals surface area contributed by atoms with E-state index >= 15 is 0 Å². The molecule has 0 fully saturated rings. The van der Waals surface area contributed by atoms with Crippen molar-refractivity contribution >= 4 is 11.9 Å². The van der Waals surface area contributed by atoms with E-state index in [9.17, 15) is 9.59 Å². The van der Waals surface area contributed by atoms with Crippen molar-refractivity contribution in [2.75, 3.05) is 6.54 Å². The molecule has 0 spiro atoms. The topological polar surface area (TPSA) is 77.8 Å². The number of carboxylic acids is 2. The number of nitrogens with zero attached hydrogens (tertiary/aromatic N) is 1. The maximum absolute atomic E-state index is 11.0. The smallest absolute Gasteiger partial charge is 0.335 e. The third-order valence-corrected chi connectivity index (χ3v) is 3.39. The van der Waals surface area contributed by atoms with Gasteiger partial charge in [-0.25, -0.2) is 4.79 Å². The highest BCUT2D eigenvalue weighted by atomic mass is 16.4. The Hall–Kier alpha value is -1.88. The third kappa shape index (κ3) is 5.01. The number of rotatable bonds is 8. The fourth-order valence-electron chi connectivity index (χ4n) is 1.99. The molecule has 5 nitrogen and oxygen atoms in total. The van der Waals surface area contributed by atoms with Gasteiger partial charge in [-0.05, 0) is 31.0 Å². The van der Waals surface area contributed by atoms with Crippen LogP contribution in [0.5, 0.6) is 0 Å². The molecule has 1 rings (SSSR count). The van der Waals surface area contributed by atoms with Gasteiger partial charge in [-0.1, -0.05) is 19.1 Å². The molecule has 0 aliphatic rings. The molecular formula is C15H21NO4. The largest absolute Gasteiger partial charge is 0.481 e. The van der Waals surface area contributed by atoms with Crippen LogP contribution in [0, 0.1) is 0 Å². The summed E-state index contributed by atoms with van der Waals surface area (Å²) in [5.41, 5.74) is 1.14. The Bertz CT molecular complexity index is 473. The van der Waals surface area contributed by atoms with E-state index in [1.165, 1.54) is 0 Å². The molecule has 0 radical (unpaired) electrons. The Morgan fingerprint density at radius 1 is 1.30 bits per heavy atom. The minimum Gasteiger partial charge on any atom is -0.481 e. The second-order valence-electron chi connectivity index (χ2n) is 4.88. The third-order valence-electron chi connectivity index (χ3n) is 3.39. The predicted octanol–water partition coefficient (Wildman–Crippen LogP) is 2.46. The molecule has 0 saturated carbocycles. The number of hydrogen-bond donors (Lipinski definition) is 2. The maximum Gasteiger partial charge on any atom is 0.335 e. The average Bonchev–Trinajstić information content (AvgIpc) is 2.42. The van der Waals surface area contributed by atoms with E-state index in [0.717, 1.165) is 12.0 Å². The van der Waals surface area contributed by atoms with Gasteiger partial charge in [0.1, 0.15) is 0 Å². The molecule has 0 bridgehead atoms. The second-order valence-corrected chi connectivity index (χ2v) is 4.88. The van der Waals surface area contributed by atoms with Crippen LogP contribution in [0.3, 0.4) is 0 Å². The molecule has 0 amide bonds. The van der Waals surface area contributed by atoms with Crippen LogP contribution in [-0.4, -0.2) is 39.6 Å². The Balaban J connectivity index is 2.80. The Labute approximate surface area is 118 Å². The van der Waals surface area contributed by atoms with Gasteiger partial charge in [0.15, 0.2) is 0 Å². The molecule has 5 heteroatoms. The second kappa shape index (κ2) is 7.65. The van der Waals surface area contributed by atoms with E-state index in [4.69, 9.17) is 10.2 Å². The highest BCUT2D eigenvalue weighted by molar-refractivity contribution is 5.87. The van der Waals surface area contributed by atoms with Gasteiger partial charge < -0.3 is 10.2 Å². The number of aliphatic carboxylic acids is 1. The standard InChI is InChI=1S/C15H21NO4/c1-3-11(2)16(8-7-14(17)18)10-12-5-4-6-13(9-12)15(19)20/h4-6,9,11H,3,7-8,10H2,1-2H3,(H,17,18)(H,19,20). The zero-order valence-corrected chi connectivity index (χ0v) is 11.9. The van der Waals surface area contributed by atoms with Crippen molar-refractivity contribution in [1.82, 2.24) is 4.90 Å². The Morgan fingerprint density at radius 2 is 2.00 bits per heavy atom. The lowest BCUT2D eigenvalue weighted by molar-refractivity contribution is -0.137. The summed E-state index contributed by atoms with van der Waals surface area (Å²) in [6.45, 7) is 5.11. The van der Waals surface area contributed by atoms with Crippen LogP contribution in [-0.2, 0) is 11.3 Å². The van der Waals surface area contributed by atoms with Crippen LogP contribution in [0.15, 0.2) is 24.3 Å². The van der Waals surface area contributed by atoms with Crippen LogP contribution >= 0.6 is 0 Å². The summed E-state index contributed by atoms with van der Waals surface area (Å²) in [6.07, 6.45) is 1.00. The van der Waals surface area contributed by atoms with Crippen molar-refractivity contribution in [2.45, 2.75) is 39.3 Å². The first kappa shape index (κ1) is 16.2. The van der Waals surface area contributed by atoms with Crippen LogP contribution in [0.4, 0.5) is 0 Å². The molecular weight excluding hydrogens is 258 g/mol. The lowest BCUT2D eigenvalue weighted by Gasteiger charge is -2.28. The molecule has 0 aliphatic carbocycles. The molecule has 1 atom stereocenters. The highest BCUT2D eigenvalue weighted by Crippen LogP contribution is 2.13. The fraction of sp³-hybridized carbons (Fsp3) is 0.467. The zero-order chi connectivity index (χ0) is 15.1. The Morgan fingerprint density at radius 3 is 2.55 bits per heavy atom. The van der Waals surface area contributed by atoms with Crippen molar-refractivity contribution < 1.29 is 19.8 Å². The van der Waals surface area contributed by atoms with E-state index in [1.807, 2.05) is 19.9 Å². The average molecular weight is 279 g/mol. The van der Waals surface area contributed by atoms with Gasteiger partial charge in [0.2, 0.25) is 0 Å². The molecule has 20 heavy (non-hydrogen) atoms. The van der Waals surface area contributed by atoms with Gasteiger partial charge in [-0.2, -0.15) is 0 Å². The number of carboxylic acid groups (broad SMARTS) is 2. The predicted molar refractivity (Wildman–Crippen MR) is 75.8 cm³/mol. The number of hydrogen-bond acceptors (Lipinski definition) is 3. The van der Waals surface area contributed by atoms with Crippen LogP contribution < -0.4 is 0 Å². The molecule has 0 aliphatic heterocycles. The van der Waals surface area contributed by atoms with Gasteiger partial charge in [0.05, 0.1) is 12.0 Å². The molecule has 0 aromatic heterocycles. The summed E-state index contributed by atoms with van der Waals surface area (Å²) in [4.78, 5) is 23.7. The van der Waals surface area contributed by atoms with Gasteiger partial charge in [-0.15, -0.1) is 0 Å². The van der Waals surface area contributed by atoms with Gasteiger partial charge in [-0.3, -0.25) is 9.69 Å². The summed E-state index contributed by atoms with van der Waals surface area (Å²) in [7, 11) is 0. The minimum absolute atomic E-state index is 0.0863. The van der Waals surface area contributed by atoms with E-state index in [1.54, 1.807) is 18.2 Å². The molecule has 2 N–H and O–H groups in total. The maximum atomic E-state index is 11.0. The van der Waals surface area contributed by atoms with Crippen molar-refractivity contribution in [2.24, 2.45) is 0 Å². The molecule has 0 heterocycles. The summed E-state index contributed by atoms with van der Waals surface area (Å²) in [6, 6.07) is 7.02. The summed E-state index contributed by atoms with van der Waals surface area (Å²) in [5, 5.41) is 17.8. The Kier molecular flexibility index (Phi) is 6.18. The quantitative estimate of drug-likeness (QED) is 0.764. The monoisotopic (exact) mass is 279 g/mol. The summed E-state index contributed by atoms with van der Waals surface area (Å²) in [5.74, 6) is -1.77. The van der Waals surface area contributed by atoms with Crippen molar-refractivity contribution in [3.8, 4) is 0 Å². The summed E-state index contributed by atoms with van der Waals surface area (Å²) >= 11 is 0. The van der Waals surface area contributed by atoms with Gasteiger partial charge >= 0.3 is 11.9 Å². The SMILES string of the molecule is CCC(C)N(CCC(=O)O)Cc1cccc(C(=O)O)c1. The summed E-state index contributed by atoms with van der Waals surface area (Å²) < 4.78 is 0. The fourth-order valence-corrected chi connectivity index (χ4v) is 1.99. The van der Waals surface area contributed by atoms with E-state index < -0.39 is 11.9 Å². The molecule has 110 valence electrons. The van der Waals surface area contributed by atoms with Crippen molar-refractivity contribution in [3.05, 3.63) is 35.4 Å². The number of carbonyl (C=O) groups is 2. The zero-order valence-electron chi connectivity index (χ0n) is 11.9. The van der Waals surface area contributed by atoms with Crippen LogP contribution in [0.25, 0.3) is 0 Å². The normalized spacial score (nSPS) is 12.3. The molecule has 1 unspecified atom stereocenters. The van der Waals surface area contributed by atoms with Crippen LogP contribution in [0.1, 0.15) is 42.6 Å². The molecule has 1 aromatic carbocycles. The van der Waals surface area contributed by atoms with Crippen molar-refractivity contribution in [1.29, 1.82) is 0 Å². The van der Waals surface area contributed by atoms with Crippen LogP contribution in [0.2, 0.25) is 0 Å². The van der Waals surface area contributed by atoms with E-state index in [2.05, 4.69) is 4.90 Å². The number of aromatic carboxylic acids is 1. The first-order valence-electron chi connectivity index (χ1n) is 6.72. The number of benzene rings is 1. The molecule has 1 aromatic rings. The lowest BCUT2D eigenvalue weighted by atomic mass is 10.1. The first-order chi connectivity index (χ1) is 9.43. The minimum atomic E-state index is -0.951. The van der Waals surface area contributed by atoms with Gasteiger partial charge in [0.25, 0.3) is 0 Å². The van der Waals surface area contributed by atoms with Crippen molar-refractivity contribution in [3.63, 3.8) is 0 Å². The van der Waals surface area contributed by atoms with Gasteiger partial charge in [0, 0.05) is 19.1 Å². The lowest BCUT2D eigenvalue weighted by Crippen LogP contribution is -2.34.